The maximum Gasteiger partial charge on any atom is 0.223 e. The van der Waals surface area contributed by atoms with E-state index in [-0.39, 0.29) is 6.04 Å². The minimum Gasteiger partial charge on any atom is -0.351 e. The number of sulfonamides is 1. The van der Waals surface area contributed by atoms with E-state index < -0.39 is 10.0 Å². The van der Waals surface area contributed by atoms with Gasteiger partial charge < -0.3 is 10.2 Å². The number of rotatable bonds is 7. The van der Waals surface area contributed by atoms with E-state index in [1.54, 1.807) is 0 Å². The highest BCUT2D eigenvalue weighted by atomic mass is 32.2. The second kappa shape index (κ2) is 11.1. The van der Waals surface area contributed by atoms with Crippen molar-refractivity contribution in [1.29, 1.82) is 0 Å². The Morgan fingerprint density at radius 2 is 1.74 bits per heavy atom. The summed E-state index contributed by atoms with van der Waals surface area (Å²) in [5.41, 5.74) is 6.32. The van der Waals surface area contributed by atoms with Crippen molar-refractivity contribution in [2.75, 3.05) is 57.9 Å². The number of nitrogens with zero attached hydrogens (tertiary/aromatic N) is 7. The van der Waals surface area contributed by atoms with Crippen LogP contribution in [0.25, 0.3) is 16.9 Å². The lowest BCUT2D eigenvalue weighted by Crippen LogP contribution is -2.43. The largest absolute Gasteiger partial charge is 0.351 e. The number of nitrogens with one attached hydrogen (secondary N) is 1. The van der Waals surface area contributed by atoms with E-state index in [9.17, 15) is 8.42 Å². The lowest BCUT2D eigenvalue weighted by Gasteiger charge is -2.32. The van der Waals surface area contributed by atoms with Gasteiger partial charge >= 0.3 is 0 Å². The van der Waals surface area contributed by atoms with Crippen molar-refractivity contribution in [2.45, 2.75) is 39.3 Å². The normalized spacial score (nSPS) is 18.6. The Morgan fingerprint density at radius 1 is 1.00 bits per heavy atom. The van der Waals surface area contributed by atoms with Crippen LogP contribution in [0, 0.1) is 13.8 Å². The van der Waals surface area contributed by atoms with Crippen molar-refractivity contribution in [2.24, 2.45) is 0 Å². The summed E-state index contributed by atoms with van der Waals surface area (Å²) >= 11 is 0. The molecular formula is C27H38N8O2S. The fourth-order valence-corrected chi connectivity index (χ4v) is 6.11. The highest BCUT2D eigenvalue weighted by molar-refractivity contribution is 7.88. The highest BCUT2D eigenvalue weighted by Crippen LogP contribution is 2.25. The Hall–Kier alpha value is -2.86. The summed E-state index contributed by atoms with van der Waals surface area (Å²) in [5, 5.41) is 8.05. The summed E-state index contributed by atoms with van der Waals surface area (Å²) in [7, 11) is -0.962. The predicted octanol–water partition coefficient (Wildman–Crippen LogP) is 2.53. The van der Waals surface area contributed by atoms with Crippen molar-refractivity contribution in [3.8, 4) is 16.9 Å². The predicted molar refractivity (Wildman–Crippen MR) is 150 cm³/mol. The van der Waals surface area contributed by atoms with E-state index in [1.165, 1.54) is 21.7 Å². The van der Waals surface area contributed by atoms with Crippen LogP contribution in [0.5, 0.6) is 0 Å². The molecule has 11 heteroatoms. The summed E-state index contributed by atoms with van der Waals surface area (Å²) < 4.78 is 27.0. The second-order valence-electron chi connectivity index (χ2n) is 10.7. The first-order valence-electron chi connectivity index (χ1n) is 13.3. The van der Waals surface area contributed by atoms with Crippen molar-refractivity contribution < 1.29 is 8.42 Å². The molecule has 10 nitrogen and oxygen atoms in total. The van der Waals surface area contributed by atoms with Crippen LogP contribution in [0.4, 0.5) is 5.95 Å². The molecule has 0 amide bonds. The van der Waals surface area contributed by atoms with Crippen LogP contribution >= 0.6 is 0 Å². The Labute approximate surface area is 225 Å². The summed E-state index contributed by atoms with van der Waals surface area (Å²) in [6.07, 6.45) is 8.41. The van der Waals surface area contributed by atoms with Crippen LogP contribution in [-0.4, -0.2) is 101 Å². The van der Waals surface area contributed by atoms with E-state index >= 15 is 0 Å². The lowest BCUT2D eigenvalue weighted by atomic mass is 10.1. The lowest BCUT2D eigenvalue weighted by molar-refractivity contribution is 0.148. The quantitative estimate of drug-likeness (QED) is 0.490. The molecular weight excluding hydrogens is 500 g/mol. The number of aromatic nitrogens is 4. The number of anilines is 1. The van der Waals surface area contributed by atoms with Crippen molar-refractivity contribution in [3.05, 3.63) is 53.5 Å². The standard InChI is InChI=1S/C27H38N8O2S/c1-20-15-22(18-33-13-11-32(3)12-14-33)5-6-25(20)35-19-23(17-29-35)26-21(2)16-28-27(31-26)30-24-7-9-34(10-8-24)38(4,36)37/h5-6,15-17,19,24H,7-14,18H2,1-4H3,(H,28,30,31). The van der Waals surface area contributed by atoms with Gasteiger partial charge in [-0.05, 0) is 56.5 Å². The molecule has 1 N–H and O–H groups in total. The molecule has 0 aliphatic carbocycles. The maximum absolute atomic E-state index is 11.8. The van der Waals surface area contributed by atoms with Gasteiger partial charge in [0.1, 0.15) is 0 Å². The summed E-state index contributed by atoms with van der Waals surface area (Å²) in [6.45, 7) is 10.6. The number of likely N-dealkylation sites (N-methyl/N-ethyl adjacent to an activating group) is 1. The SMILES string of the molecule is Cc1cc(CN2CCN(C)CC2)ccc1-n1cc(-c2nc(NC3CCN(S(C)(=O)=O)CC3)ncc2C)cn1. The minimum atomic E-state index is -3.14. The summed E-state index contributed by atoms with van der Waals surface area (Å²) in [5.74, 6) is 0.556. The third kappa shape index (κ3) is 6.23. The topological polar surface area (TPSA) is 99.5 Å². The number of hydrogen-bond donors (Lipinski definition) is 1. The first-order valence-corrected chi connectivity index (χ1v) is 15.1. The molecule has 5 rings (SSSR count). The smallest absolute Gasteiger partial charge is 0.223 e. The molecule has 0 spiro atoms. The summed E-state index contributed by atoms with van der Waals surface area (Å²) in [6, 6.07) is 6.76. The number of piperidine rings is 1. The average molecular weight is 539 g/mol. The Balaban J connectivity index is 1.27. The Bertz CT molecular complexity index is 1370. The molecule has 0 saturated carbocycles. The zero-order chi connectivity index (χ0) is 26.9. The molecule has 2 aromatic heterocycles. The van der Waals surface area contributed by atoms with E-state index in [2.05, 4.69) is 57.4 Å². The third-order valence-corrected chi connectivity index (χ3v) is 8.90. The van der Waals surface area contributed by atoms with Crippen molar-refractivity contribution in [1.82, 2.24) is 33.9 Å². The van der Waals surface area contributed by atoms with Gasteiger partial charge in [0.05, 0.1) is 23.8 Å². The fourth-order valence-electron chi connectivity index (χ4n) is 5.23. The van der Waals surface area contributed by atoms with Crippen molar-refractivity contribution >= 4 is 16.0 Å². The first-order chi connectivity index (χ1) is 18.2. The molecule has 0 atom stereocenters. The highest BCUT2D eigenvalue weighted by Gasteiger charge is 2.25. The molecule has 1 aromatic carbocycles. The average Bonchev–Trinajstić information content (AvgIpc) is 3.36. The Kier molecular flexibility index (Phi) is 7.80. The van der Waals surface area contributed by atoms with Crippen molar-refractivity contribution in [3.63, 3.8) is 0 Å². The molecule has 4 heterocycles. The molecule has 3 aromatic rings. The third-order valence-electron chi connectivity index (χ3n) is 7.59. The summed E-state index contributed by atoms with van der Waals surface area (Å²) in [4.78, 5) is 14.2. The van der Waals surface area contributed by atoms with Gasteiger partial charge in [-0.15, -0.1) is 0 Å². The maximum atomic E-state index is 11.8. The van der Waals surface area contributed by atoms with Gasteiger partial charge in [0.2, 0.25) is 16.0 Å². The van der Waals surface area contributed by atoms with E-state index in [0.717, 1.165) is 68.1 Å². The van der Waals surface area contributed by atoms with Gasteiger partial charge in [0, 0.05) is 69.8 Å². The van der Waals surface area contributed by atoms with E-state index in [1.807, 2.05) is 30.2 Å². The monoisotopic (exact) mass is 538 g/mol. The molecule has 0 bridgehead atoms. The van der Waals surface area contributed by atoms with Crippen LogP contribution in [0.15, 0.2) is 36.8 Å². The van der Waals surface area contributed by atoms with Crippen LogP contribution in [-0.2, 0) is 16.6 Å². The number of hydrogen-bond acceptors (Lipinski definition) is 8. The number of piperazine rings is 1. The molecule has 0 unspecified atom stereocenters. The molecule has 2 fully saturated rings. The molecule has 2 aliphatic heterocycles. The molecule has 2 saturated heterocycles. The first kappa shape index (κ1) is 26.7. The molecule has 0 radical (unpaired) electrons. The van der Waals surface area contributed by atoms with Gasteiger partial charge in [-0.25, -0.2) is 27.4 Å². The number of aryl methyl sites for hydroxylation is 2. The van der Waals surface area contributed by atoms with Gasteiger partial charge in [-0.1, -0.05) is 12.1 Å². The fraction of sp³-hybridized carbons (Fsp3) is 0.519. The van der Waals surface area contributed by atoms with Gasteiger partial charge in [-0.2, -0.15) is 5.10 Å². The molecule has 204 valence electrons. The second-order valence-corrected chi connectivity index (χ2v) is 12.7. The van der Waals surface area contributed by atoms with E-state index in [0.29, 0.717) is 19.0 Å². The molecule has 2 aliphatic rings. The van der Waals surface area contributed by atoms with Gasteiger partial charge in [0.25, 0.3) is 0 Å². The van der Waals surface area contributed by atoms with E-state index in [4.69, 9.17) is 4.98 Å². The number of benzene rings is 1. The molecule has 38 heavy (non-hydrogen) atoms. The zero-order valence-electron chi connectivity index (χ0n) is 22.8. The van der Waals surface area contributed by atoms with Crippen LogP contribution in [0.1, 0.15) is 29.5 Å². The minimum absolute atomic E-state index is 0.137. The van der Waals surface area contributed by atoms with Gasteiger partial charge in [-0.3, -0.25) is 4.90 Å². The van der Waals surface area contributed by atoms with Crippen LogP contribution in [0.3, 0.4) is 0 Å². The van der Waals surface area contributed by atoms with Crippen LogP contribution < -0.4 is 5.32 Å². The zero-order valence-corrected chi connectivity index (χ0v) is 23.6. The Morgan fingerprint density at radius 3 is 2.42 bits per heavy atom. The van der Waals surface area contributed by atoms with Crippen LogP contribution in [0.2, 0.25) is 0 Å². The van der Waals surface area contributed by atoms with Gasteiger partial charge in [0.15, 0.2) is 0 Å².